The van der Waals surface area contributed by atoms with Gasteiger partial charge in [0.1, 0.15) is 35.1 Å². The maximum Gasteiger partial charge on any atom is 0.319 e. The van der Waals surface area contributed by atoms with Crippen molar-refractivity contribution < 1.29 is 22.7 Å². The van der Waals surface area contributed by atoms with E-state index in [4.69, 9.17) is 40.3 Å². The quantitative estimate of drug-likeness (QED) is 0.301. The zero-order valence-corrected chi connectivity index (χ0v) is 23.8. The Morgan fingerprint density at radius 2 is 1.88 bits per heavy atom. The Labute approximate surface area is 245 Å². The van der Waals surface area contributed by atoms with Crippen molar-refractivity contribution in [1.29, 1.82) is 0 Å². The smallest absolute Gasteiger partial charge is 0.319 e. The molecule has 43 heavy (non-hydrogen) atoms. The third-order valence-electron chi connectivity index (χ3n) is 9.51. The summed E-state index contributed by atoms with van der Waals surface area (Å²) in [5.41, 5.74) is 13.8. The largest absolute Gasteiger partial charge is 0.494 e. The molecule has 4 saturated heterocycles. The summed E-state index contributed by atoms with van der Waals surface area (Å²) < 4.78 is 46.7. The maximum absolute atomic E-state index is 14.6. The molecule has 2 bridgehead atoms. The lowest BCUT2D eigenvalue weighted by molar-refractivity contribution is 0.107. The molecule has 0 radical (unpaired) electrons. The highest BCUT2D eigenvalue weighted by Gasteiger charge is 2.49. The van der Waals surface area contributed by atoms with Crippen molar-refractivity contribution in [2.75, 3.05) is 56.3 Å². The number of anilines is 3. The fraction of sp³-hybridized carbons (Fsp3) is 0.517. The van der Waals surface area contributed by atoms with Crippen LogP contribution in [0.1, 0.15) is 32.1 Å². The van der Waals surface area contributed by atoms with Crippen LogP contribution in [-0.2, 0) is 0 Å². The average Bonchev–Trinajstić information content (AvgIpc) is 3.73. The predicted octanol–water partition coefficient (Wildman–Crippen LogP) is 3.04. The molecule has 4 aliphatic heterocycles. The number of aromatic nitrogens is 4. The number of nitrogen functional groups attached to an aromatic ring is 2. The molecule has 12 nitrogen and oxygen atoms in total. The van der Waals surface area contributed by atoms with Crippen LogP contribution in [0.4, 0.5) is 26.4 Å². The number of methoxy groups -OCH3 is 1. The molecule has 2 unspecified atom stereocenters. The first kappa shape index (κ1) is 26.6. The number of nitrogens with zero attached hydrogens (tertiary/aromatic N) is 6. The molecule has 8 rings (SSSR count). The second kappa shape index (κ2) is 9.74. The van der Waals surface area contributed by atoms with Crippen molar-refractivity contribution in [3.05, 3.63) is 17.9 Å². The Kier molecular flexibility index (Phi) is 6.02. The molecule has 4 aromatic rings. The number of nitrogens with two attached hydrogens (primary N) is 2. The van der Waals surface area contributed by atoms with Gasteiger partial charge in [0, 0.05) is 43.7 Å². The van der Waals surface area contributed by atoms with Gasteiger partial charge in [0.15, 0.2) is 23.0 Å². The molecule has 4 aliphatic rings. The number of pyridine rings is 1. The minimum absolute atomic E-state index is 0.0941. The van der Waals surface area contributed by atoms with E-state index in [0.717, 1.165) is 45.3 Å². The summed E-state index contributed by atoms with van der Waals surface area (Å²) in [6.07, 6.45) is 3.59. The number of rotatable bonds is 6. The van der Waals surface area contributed by atoms with E-state index in [1.165, 1.54) is 19.2 Å². The topological polar surface area (TPSA) is 154 Å². The molecule has 5 N–H and O–H groups in total. The normalized spacial score (nSPS) is 27.0. The number of ether oxygens (including phenoxy) is 2. The van der Waals surface area contributed by atoms with Gasteiger partial charge in [0.05, 0.1) is 18.2 Å². The molecule has 0 spiro atoms. The molecule has 0 amide bonds. The molecular weight excluding hydrogens is 560 g/mol. The maximum atomic E-state index is 14.6. The van der Waals surface area contributed by atoms with Gasteiger partial charge in [-0.1, -0.05) is 0 Å². The lowest BCUT2D eigenvalue weighted by atomic mass is 9.95. The van der Waals surface area contributed by atoms with Crippen molar-refractivity contribution in [2.45, 2.75) is 55.9 Å². The van der Waals surface area contributed by atoms with Crippen molar-refractivity contribution in [3.63, 3.8) is 0 Å². The summed E-state index contributed by atoms with van der Waals surface area (Å²) in [6.45, 7) is 3.04. The van der Waals surface area contributed by atoms with Crippen LogP contribution in [0.5, 0.6) is 11.8 Å². The standard InChI is InChI=1S/C29H33F2N9O3/c1-41-24-19(17-5-6-18(31)23-20(17)36-27(33)43-23)25(32)35-22-21(24)37-28(38-26(22)39-11-15-3-4-16(12-39)34-15)42-13-29-7-2-8-40(29)10-14(30)9-29/h5-6,14-16,34H,2-4,7-13H2,1H3,(H2,32,35)(H2,33,36)/t14-,15?,16?,29+/m1/s1. The SMILES string of the molecule is COc1c(-c2ccc(F)c3oc(N)nc23)c(N)nc2c(N3CC4CCC(C3)N4)nc(OC[C@@]34CCCN3C[C@H](F)C4)nc12. The van der Waals surface area contributed by atoms with Crippen LogP contribution in [0.2, 0.25) is 0 Å². The van der Waals surface area contributed by atoms with Gasteiger partial charge < -0.3 is 35.6 Å². The van der Waals surface area contributed by atoms with Crippen LogP contribution in [0.3, 0.4) is 0 Å². The summed E-state index contributed by atoms with van der Waals surface area (Å²) in [7, 11) is 1.51. The number of nitrogens with one attached hydrogen (secondary N) is 1. The van der Waals surface area contributed by atoms with E-state index in [1.54, 1.807) is 0 Å². The first-order chi connectivity index (χ1) is 20.8. The number of hydrogen-bond donors (Lipinski definition) is 3. The van der Waals surface area contributed by atoms with E-state index in [0.29, 0.717) is 58.8 Å². The van der Waals surface area contributed by atoms with Gasteiger partial charge in [-0.05, 0) is 44.4 Å². The molecule has 1 aromatic carbocycles. The van der Waals surface area contributed by atoms with Crippen LogP contribution in [0.25, 0.3) is 33.3 Å². The van der Waals surface area contributed by atoms with E-state index in [2.05, 4.69) is 20.1 Å². The Morgan fingerprint density at radius 3 is 2.67 bits per heavy atom. The van der Waals surface area contributed by atoms with Crippen LogP contribution in [0.15, 0.2) is 16.5 Å². The van der Waals surface area contributed by atoms with Gasteiger partial charge in [-0.25, -0.2) is 13.8 Å². The van der Waals surface area contributed by atoms with Crippen LogP contribution in [-0.4, -0.2) is 88.5 Å². The monoisotopic (exact) mass is 593 g/mol. The Balaban J connectivity index is 1.29. The molecular formula is C29H33F2N9O3. The number of benzene rings is 1. The zero-order chi connectivity index (χ0) is 29.5. The summed E-state index contributed by atoms with van der Waals surface area (Å²) >= 11 is 0. The molecule has 14 heteroatoms. The van der Waals surface area contributed by atoms with Crippen LogP contribution >= 0.6 is 0 Å². The molecule has 0 aliphatic carbocycles. The summed E-state index contributed by atoms with van der Waals surface area (Å²) in [6, 6.07) is 3.45. The van der Waals surface area contributed by atoms with Crippen LogP contribution in [0, 0.1) is 5.82 Å². The number of fused-ring (bicyclic) bond motifs is 5. The van der Waals surface area contributed by atoms with Gasteiger partial charge >= 0.3 is 6.01 Å². The number of hydrogen-bond acceptors (Lipinski definition) is 12. The lowest BCUT2D eigenvalue weighted by Gasteiger charge is -2.34. The third-order valence-corrected chi connectivity index (χ3v) is 9.51. The van der Waals surface area contributed by atoms with Crippen LogP contribution < -0.4 is 31.2 Å². The number of alkyl halides is 1. The molecule has 3 aromatic heterocycles. The lowest BCUT2D eigenvalue weighted by Crippen LogP contribution is -2.51. The van der Waals surface area contributed by atoms with Crippen molar-refractivity contribution in [2.24, 2.45) is 0 Å². The first-order valence-electron chi connectivity index (χ1n) is 14.7. The fourth-order valence-electron chi connectivity index (χ4n) is 7.65. The molecule has 226 valence electrons. The number of oxazole rings is 1. The highest BCUT2D eigenvalue weighted by molar-refractivity contribution is 6.04. The van der Waals surface area contributed by atoms with E-state index < -0.39 is 12.0 Å². The highest BCUT2D eigenvalue weighted by atomic mass is 19.1. The molecule has 4 fully saturated rings. The highest BCUT2D eigenvalue weighted by Crippen LogP contribution is 2.45. The zero-order valence-electron chi connectivity index (χ0n) is 23.8. The summed E-state index contributed by atoms with van der Waals surface area (Å²) in [5, 5.41) is 3.65. The van der Waals surface area contributed by atoms with E-state index in [1.807, 2.05) is 0 Å². The van der Waals surface area contributed by atoms with Gasteiger partial charge in [-0.15, -0.1) is 0 Å². The van der Waals surface area contributed by atoms with Crippen molar-refractivity contribution in [1.82, 2.24) is 30.2 Å². The van der Waals surface area contributed by atoms with Gasteiger partial charge in [0.25, 0.3) is 6.01 Å². The third kappa shape index (κ3) is 4.21. The van der Waals surface area contributed by atoms with Gasteiger partial charge in [-0.3, -0.25) is 4.90 Å². The second-order valence-corrected chi connectivity index (χ2v) is 12.2. The first-order valence-corrected chi connectivity index (χ1v) is 14.7. The minimum atomic E-state index is -0.874. The van der Waals surface area contributed by atoms with E-state index in [9.17, 15) is 8.78 Å². The predicted molar refractivity (Wildman–Crippen MR) is 156 cm³/mol. The second-order valence-electron chi connectivity index (χ2n) is 12.2. The minimum Gasteiger partial charge on any atom is -0.494 e. The van der Waals surface area contributed by atoms with Gasteiger partial charge in [-0.2, -0.15) is 15.0 Å². The Bertz CT molecular complexity index is 1740. The fourth-order valence-corrected chi connectivity index (χ4v) is 7.65. The van der Waals surface area contributed by atoms with Gasteiger partial charge in [0.2, 0.25) is 0 Å². The Morgan fingerprint density at radius 1 is 1.07 bits per heavy atom. The Hall–Kier alpha value is -4.04. The summed E-state index contributed by atoms with van der Waals surface area (Å²) in [4.78, 5) is 23.1. The van der Waals surface area contributed by atoms with Crippen molar-refractivity contribution >= 4 is 39.8 Å². The van der Waals surface area contributed by atoms with E-state index >= 15 is 0 Å². The average molecular weight is 594 g/mol. The molecule has 0 saturated carbocycles. The summed E-state index contributed by atoms with van der Waals surface area (Å²) in [5.74, 6) is 0.441. The molecule has 4 atom stereocenters. The van der Waals surface area contributed by atoms with Crippen molar-refractivity contribution in [3.8, 4) is 22.9 Å². The number of piperazine rings is 1. The number of halogens is 2. The van der Waals surface area contributed by atoms with E-state index in [-0.39, 0.29) is 41.1 Å². The molecule has 7 heterocycles.